The number of nitrogens with zero attached hydrogens (tertiary/aromatic N) is 3. The van der Waals surface area contributed by atoms with E-state index in [4.69, 9.17) is 14.2 Å². The van der Waals surface area contributed by atoms with Crippen LogP contribution < -0.4 is 14.2 Å². The molecule has 1 atom stereocenters. The van der Waals surface area contributed by atoms with Crippen LogP contribution in [0, 0.1) is 15.9 Å². The summed E-state index contributed by atoms with van der Waals surface area (Å²) in [7, 11) is 4.00. The van der Waals surface area contributed by atoms with Gasteiger partial charge in [0.1, 0.15) is 11.4 Å². The lowest BCUT2D eigenvalue weighted by molar-refractivity contribution is -0.386. The minimum Gasteiger partial charge on any atom is -0.493 e. The molecule has 0 radical (unpaired) electrons. The Balaban J connectivity index is 1.86. The van der Waals surface area contributed by atoms with Gasteiger partial charge in [-0.3, -0.25) is 19.8 Å². The molecule has 10 heteroatoms. The molecule has 1 aliphatic heterocycles. The Morgan fingerprint density at radius 3 is 2.31 bits per heavy atom. The van der Waals surface area contributed by atoms with E-state index in [-0.39, 0.29) is 34.7 Å². The van der Waals surface area contributed by atoms with E-state index in [1.165, 1.54) is 39.5 Å². The summed E-state index contributed by atoms with van der Waals surface area (Å²) in [6.07, 6.45) is 0. The summed E-state index contributed by atoms with van der Waals surface area (Å²) in [6, 6.07) is 7.42. The van der Waals surface area contributed by atoms with Gasteiger partial charge in [-0.25, -0.2) is 4.39 Å². The van der Waals surface area contributed by atoms with Crippen LogP contribution in [0.15, 0.2) is 30.3 Å². The Labute approximate surface area is 185 Å². The van der Waals surface area contributed by atoms with Gasteiger partial charge < -0.3 is 19.1 Å². The van der Waals surface area contributed by atoms with E-state index in [0.717, 1.165) is 5.56 Å². The van der Waals surface area contributed by atoms with Crippen LogP contribution in [0.4, 0.5) is 10.1 Å². The third-order valence-electron chi connectivity index (χ3n) is 5.51. The van der Waals surface area contributed by atoms with E-state index in [9.17, 15) is 19.3 Å². The first-order valence-electron chi connectivity index (χ1n) is 10.1. The highest BCUT2D eigenvalue weighted by Crippen LogP contribution is 2.46. The highest BCUT2D eigenvalue weighted by molar-refractivity contribution is 6.01. The quantitative estimate of drug-likeness (QED) is 0.475. The van der Waals surface area contributed by atoms with Crippen molar-refractivity contribution in [3.8, 4) is 17.2 Å². The summed E-state index contributed by atoms with van der Waals surface area (Å²) in [5.41, 5.74) is 0.387. The number of rotatable bonds is 7. The van der Waals surface area contributed by atoms with Crippen LogP contribution in [0.1, 0.15) is 22.8 Å². The summed E-state index contributed by atoms with van der Waals surface area (Å²) in [4.78, 5) is 28.3. The number of hydrogen-bond donors (Lipinski definition) is 0. The standard InChI is InChI=1S/C22H26FN3O6/c1-14-12-24(13-15-5-7-16(23)8-6-15)9-10-25(14)22(27)17-11-18(30-2)20(31-3)21(32-4)19(17)26(28)29/h5-8,11,14H,9-10,12-13H2,1-4H3/t14-/m1/s1. The first-order chi connectivity index (χ1) is 15.3. The number of hydrogen-bond acceptors (Lipinski definition) is 7. The molecular formula is C22H26FN3O6. The molecule has 1 fully saturated rings. The number of halogens is 1. The number of benzene rings is 2. The predicted octanol–water partition coefficient (Wildman–Crippen LogP) is 3.11. The van der Waals surface area contributed by atoms with E-state index < -0.39 is 16.5 Å². The van der Waals surface area contributed by atoms with Crippen molar-refractivity contribution in [1.82, 2.24) is 9.80 Å². The fraction of sp³-hybridized carbons (Fsp3) is 0.409. The van der Waals surface area contributed by atoms with E-state index in [1.54, 1.807) is 17.0 Å². The zero-order valence-electron chi connectivity index (χ0n) is 18.5. The molecule has 1 heterocycles. The largest absolute Gasteiger partial charge is 0.493 e. The third kappa shape index (κ3) is 4.59. The van der Waals surface area contributed by atoms with Gasteiger partial charge in [0, 0.05) is 38.3 Å². The lowest BCUT2D eigenvalue weighted by Crippen LogP contribution is -2.53. The van der Waals surface area contributed by atoms with Crippen LogP contribution in [-0.2, 0) is 6.54 Å². The molecule has 0 spiro atoms. The Hall–Kier alpha value is -3.40. The SMILES string of the molecule is COc1cc(C(=O)N2CCN(Cc3ccc(F)cc3)C[C@H]2C)c([N+](=O)[O-])c(OC)c1OC. The van der Waals surface area contributed by atoms with Gasteiger partial charge in [0.05, 0.1) is 26.3 Å². The minimum atomic E-state index is -0.649. The van der Waals surface area contributed by atoms with Crippen molar-refractivity contribution in [3.63, 3.8) is 0 Å². The third-order valence-corrected chi connectivity index (χ3v) is 5.51. The van der Waals surface area contributed by atoms with Crippen LogP contribution in [0.25, 0.3) is 0 Å². The van der Waals surface area contributed by atoms with Crippen molar-refractivity contribution in [1.29, 1.82) is 0 Å². The van der Waals surface area contributed by atoms with Gasteiger partial charge in [0.15, 0.2) is 5.75 Å². The molecule has 0 unspecified atom stereocenters. The van der Waals surface area contributed by atoms with E-state index in [0.29, 0.717) is 26.2 Å². The molecule has 2 aromatic rings. The zero-order valence-corrected chi connectivity index (χ0v) is 18.5. The summed E-state index contributed by atoms with van der Waals surface area (Å²) in [5.74, 6) is -0.714. The lowest BCUT2D eigenvalue weighted by atomic mass is 10.1. The molecule has 32 heavy (non-hydrogen) atoms. The Morgan fingerprint density at radius 2 is 1.78 bits per heavy atom. The molecule has 1 amide bonds. The maximum absolute atomic E-state index is 13.4. The number of ether oxygens (including phenoxy) is 3. The molecule has 0 aromatic heterocycles. The average molecular weight is 447 g/mol. The summed E-state index contributed by atoms with van der Waals surface area (Å²) in [5, 5.41) is 11.8. The smallest absolute Gasteiger partial charge is 0.327 e. The molecule has 172 valence electrons. The second-order valence-corrected chi connectivity index (χ2v) is 7.51. The number of piperazine rings is 1. The molecule has 0 aliphatic carbocycles. The molecular weight excluding hydrogens is 421 g/mol. The Kier molecular flexibility index (Phi) is 7.14. The average Bonchev–Trinajstić information content (AvgIpc) is 2.78. The van der Waals surface area contributed by atoms with Crippen LogP contribution in [0.3, 0.4) is 0 Å². The molecule has 0 bridgehead atoms. The van der Waals surface area contributed by atoms with Crippen molar-refractivity contribution < 1.29 is 28.3 Å². The van der Waals surface area contributed by atoms with Crippen LogP contribution in [-0.4, -0.2) is 67.6 Å². The fourth-order valence-corrected chi connectivity index (χ4v) is 3.97. The van der Waals surface area contributed by atoms with Gasteiger partial charge >= 0.3 is 5.69 Å². The first kappa shape index (κ1) is 23.3. The van der Waals surface area contributed by atoms with Crippen molar-refractivity contribution >= 4 is 11.6 Å². The van der Waals surface area contributed by atoms with Gasteiger partial charge in [-0.1, -0.05) is 12.1 Å². The molecule has 9 nitrogen and oxygen atoms in total. The second kappa shape index (κ2) is 9.82. The number of nitro benzene ring substituents is 1. The van der Waals surface area contributed by atoms with Crippen molar-refractivity contribution in [2.45, 2.75) is 19.5 Å². The Bertz CT molecular complexity index is 998. The molecule has 0 saturated carbocycles. The van der Waals surface area contributed by atoms with Crippen molar-refractivity contribution in [3.05, 3.63) is 57.4 Å². The summed E-state index contributed by atoms with van der Waals surface area (Å²) in [6.45, 7) is 4.04. The second-order valence-electron chi connectivity index (χ2n) is 7.51. The highest BCUT2D eigenvalue weighted by Gasteiger charge is 2.37. The van der Waals surface area contributed by atoms with Gasteiger partial charge in [0.2, 0.25) is 11.5 Å². The van der Waals surface area contributed by atoms with Gasteiger partial charge in [-0.05, 0) is 24.6 Å². The first-order valence-corrected chi connectivity index (χ1v) is 10.1. The number of methoxy groups -OCH3 is 3. The van der Waals surface area contributed by atoms with E-state index in [1.807, 2.05) is 6.92 Å². The lowest BCUT2D eigenvalue weighted by Gasteiger charge is -2.40. The molecule has 3 rings (SSSR count). The fourth-order valence-electron chi connectivity index (χ4n) is 3.97. The zero-order chi connectivity index (χ0) is 23.4. The highest BCUT2D eigenvalue weighted by atomic mass is 19.1. The Morgan fingerprint density at radius 1 is 1.12 bits per heavy atom. The van der Waals surface area contributed by atoms with Crippen molar-refractivity contribution in [2.75, 3.05) is 41.0 Å². The molecule has 0 N–H and O–H groups in total. The molecule has 1 aliphatic rings. The van der Waals surface area contributed by atoms with Gasteiger partial charge in [-0.15, -0.1) is 0 Å². The van der Waals surface area contributed by atoms with Crippen molar-refractivity contribution in [2.24, 2.45) is 0 Å². The minimum absolute atomic E-state index is 0.0513. The van der Waals surface area contributed by atoms with Crippen LogP contribution in [0.2, 0.25) is 0 Å². The van der Waals surface area contributed by atoms with Crippen LogP contribution in [0.5, 0.6) is 17.2 Å². The molecule has 1 saturated heterocycles. The van der Waals surface area contributed by atoms with Crippen LogP contribution >= 0.6 is 0 Å². The van der Waals surface area contributed by atoms with E-state index >= 15 is 0 Å². The monoisotopic (exact) mass is 447 g/mol. The van der Waals surface area contributed by atoms with Gasteiger partial charge in [0.25, 0.3) is 5.91 Å². The summed E-state index contributed by atoms with van der Waals surface area (Å²) < 4.78 is 28.9. The normalized spacial score (nSPS) is 16.5. The molecule has 2 aromatic carbocycles. The number of carbonyl (C=O) groups excluding carboxylic acids is 1. The maximum atomic E-state index is 13.4. The maximum Gasteiger partial charge on any atom is 0.327 e. The summed E-state index contributed by atoms with van der Waals surface area (Å²) >= 11 is 0. The number of nitro groups is 1. The van der Waals surface area contributed by atoms with Gasteiger partial charge in [-0.2, -0.15) is 0 Å². The number of amides is 1. The predicted molar refractivity (Wildman–Crippen MR) is 115 cm³/mol. The number of carbonyl (C=O) groups is 1. The topological polar surface area (TPSA) is 94.4 Å². The van der Waals surface area contributed by atoms with E-state index in [2.05, 4.69) is 4.90 Å².